The van der Waals surface area contributed by atoms with Gasteiger partial charge in [-0.1, -0.05) is 0 Å². The Kier molecular flexibility index (Phi) is 4.00. The van der Waals surface area contributed by atoms with E-state index in [2.05, 4.69) is 29.7 Å². The molecule has 0 bridgehead atoms. The molecule has 2 aromatic heterocycles. The van der Waals surface area contributed by atoms with Crippen molar-refractivity contribution in [3.63, 3.8) is 0 Å². The second-order valence-electron chi connectivity index (χ2n) is 4.50. The van der Waals surface area contributed by atoms with Gasteiger partial charge in [0, 0.05) is 37.8 Å². The molecular weight excluding hydrogens is 290 g/mol. The Hall–Kier alpha value is -2.16. The van der Waals surface area contributed by atoms with E-state index in [9.17, 15) is 0 Å². The maximum absolute atomic E-state index is 5.71. The molecule has 0 aromatic carbocycles. The van der Waals surface area contributed by atoms with Crippen molar-refractivity contribution in [2.24, 2.45) is 0 Å². The Labute approximate surface area is 126 Å². The zero-order valence-electron chi connectivity index (χ0n) is 11.8. The lowest BCUT2D eigenvalue weighted by Crippen LogP contribution is -2.47. The third-order valence-corrected chi connectivity index (χ3v) is 3.98. The first-order chi connectivity index (χ1) is 10.3. The number of nitrogen functional groups attached to an aromatic ring is 1. The van der Waals surface area contributed by atoms with Gasteiger partial charge in [0.2, 0.25) is 11.9 Å². The molecule has 0 spiro atoms. The van der Waals surface area contributed by atoms with Crippen LogP contribution in [-0.4, -0.2) is 52.7 Å². The molecule has 1 aliphatic rings. The van der Waals surface area contributed by atoms with Crippen LogP contribution in [0, 0.1) is 0 Å². The van der Waals surface area contributed by atoms with Crippen LogP contribution in [0.3, 0.4) is 0 Å². The standard InChI is InChI=1S/C12H17N7OS/c1-2-20-11-16-9(13)15-10(17-11)18-4-6-19(7-5-18)12-14-3-8-21-12/h3,8H,2,4-7H2,1H3,(H2,13,15,16,17). The molecule has 0 unspecified atom stereocenters. The van der Waals surface area contributed by atoms with E-state index in [1.807, 2.05) is 18.5 Å². The van der Waals surface area contributed by atoms with Gasteiger partial charge >= 0.3 is 6.01 Å². The Morgan fingerprint density at radius 2 is 1.95 bits per heavy atom. The molecule has 0 saturated carbocycles. The minimum absolute atomic E-state index is 0.186. The number of anilines is 3. The number of thiazole rings is 1. The van der Waals surface area contributed by atoms with Crippen LogP contribution in [0.1, 0.15) is 6.92 Å². The predicted molar refractivity (Wildman–Crippen MR) is 81.9 cm³/mol. The Morgan fingerprint density at radius 1 is 1.19 bits per heavy atom. The molecule has 3 heterocycles. The second-order valence-corrected chi connectivity index (χ2v) is 5.37. The molecule has 2 aromatic rings. The molecule has 1 aliphatic heterocycles. The molecule has 0 radical (unpaired) electrons. The number of rotatable bonds is 4. The van der Waals surface area contributed by atoms with E-state index >= 15 is 0 Å². The van der Waals surface area contributed by atoms with Crippen molar-refractivity contribution in [3.8, 4) is 6.01 Å². The summed E-state index contributed by atoms with van der Waals surface area (Å²) < 4.78 is 5.31. The Balaban J connectivity index is 1.69. The first kappa shape index (κ1) is 13.8. The second kappa shape index (κ2) is 6.08. The normalized spacial score (nSPS) is 15.3. The van der Waals surface area contributed by atoms with Crippen molar-refractivity contribution in [2.75, 3.05) is 48.3 Å². The van der Waals surface area contributed by atoms with Crippen molar-refractivity contribution >= 4 is 28.4 Å². The van der Waals surface area contributed by atoms with Crippen LogP contribution in [0.25, 0.3) is 0 Å². The van der Waals surface area contributed by atoms with Crippen LogP contribution >= 0.6 is 11.3 Å². The van der Waals surface area contributed by atoms with Crippen LogP contribution in [0.15, 0.2) is 11.6 Å². The summed E-state index contributed by atoms with van der Waals surface area (Å²) in [6.45, 7) is 5.77. The largest absolute Gasteiger partial charge is 0.464 e. The monoisotopic (exact) mass is 307 g/mol. The third kappa shape index (κ3) is 3.13. The zero-order chi connectivity index (χ0) is 14.7. The smallest absolute Gasteiger partial charge is 0.323 e. The van der Waals surface area contributed by atoms with E-state index in [1.54, 1.807) is 11.3 Å². The van der Waals surface area contributed by atoms with Crippen molar-refractivity contribution in [2.45, 2.75) is 6.92 Å². The van der Waals surface area contributed by atoms with E-state index < -0.39 is 0 Å². The van der Waals surface area contributed by atoms with Gasteiger partial charge in [-0.3, -0.25) is 0 Å². The highest BCUT2D eigenvalue weighted by Gasteiger charge is 2.21. The van der Waals surface area contributed by atoms with Gasteiger partial charge in [0.05, 0.1) is 6.61 Å². The molecule has 0 aliphatic carbocycles. The van der Waals surface area contributed by atoms with Crippen molar-refractivity contribution in [1.29, 1.82) is 0 Å². The summed E-state index contributed by atoms with van der Waals surface area (Å²) in [5.74, 6) is 0.760. The lowest BCUT2D eigenvalue weighted by atomic mass is 10.3. The number of ether oxygens (including phenoxy) is 1. The summed E-state index contributed by atoms with van der Waals surface area (Å²) in [6, 6.07) is 0.280. The van der Waals surface area contributed by atoms with E-state index in [0.29, 0.717) is 12.6 Å². The Bertz CT molecular complexity index is 583. The highest BCUT2D eigenvalue weighted by Crippen LogP contribution is 2.21. The molecule has 3 rings (SSSR count). The molecule has 112 valence electrons. The molecule has 8 nitrogen and oxygen atoms in total. The average Bonchev–Trinajstić information content (AvgIpc) is 3.01. The maximum Gasteiger partial charge on any atom is 0.323 e. The molecule has 1 fully saturated rings. The summed E-state index contributed by atoms with van der Waals surface area (Å²) in [4.78, 5) is 21.1. The minimum atomic E-state index is 0.186. The summed E-state index contributed by atoms with van der Waals surface area (Å²) in [5, 5.41) is 3.04. The molecule has 0 atom stereocenters. The summed E-state index contributed by atoms with van der Waals surface area (Å²) in [6.07, 6.45) is 1.83. The van der Waals surface area contributed by atoms with Gasteiger partial charge in [0.25, 0.3) is 0 Å². The van der Waals surface area contributed by atoms with Gasteiger partial charge in [-0.25, -0.2) is 4.98 Å². The first-order valence-electron chi connectivity index (χ1n) is 6.80. The summed E-state index contributed by atoms with van der Waals surface area (Å²) >= 11 is 1.65. The number of hydrogen-bond donors (Lipinski definition) is 1. The highest BCUT2D eigenvalue weighted by atomic mass is 32.1. The van der Waals surface area contributed by atoms with Crippen LogP contribution in [0.4, 0.5) is 17.0 Å². The average molecular weight is 307 g/mol. The van der Waals surface area contributed by atoms with Gasteiger partial charge in [-0.2, -0.15) is 15.0 Å². The number of hydrogen-bond acceptors (Lipinski definition) is 9. The summed E-state index contributed by atoms with van der Waals surface area (Å²) in [5.41, 5.74) is 5.71. The minimum Gasteiger partial charge on any atom is -0.464 e. The third-order valence-electron chi connectivity index (χ3n) is 3.15. The van der Waals surface area contributed by atoms with Gasteiger partial charge < -0.3 is 20.3 Å². The Morgan fingerprint density at radius 3 is 2.62 bits per heavy atom. The zero-order valence-corrected chi connectivity index (χ0v) is 12.6. The van der Waals surface area contributed by atoms with Gasteiger partial charge in [0.15, 0.2) is 5.13 Å². The fraction of sp³-hybridized carbons (Fsp3) is 0.500. The number of nitrogens with zero attached hydrogens (tertiary/aromatic N) is 6. The number of piperazine rings is 1. The van der Waals surface area contributed by atoms with E-state index in [-0.39, 0.29) is 12.0 Å². The topological polar surface area (TPSA) is 93.3 Å². The van der Waals surface area contributed by atoms with E-state index in [1.165, 1.54) is 0 Å². The van der Waals surface area contributed by atoms with E-state index in [0.717, 1.165) is 31.3 Å². The SMILES string of the molecule is CCOc1nc(N)nc(N2CCN(c3nccs3)CC2)n1. The molecule has 1 saturated heterocycles. The van der Waals surface area contributed by atoms with Gasteiger partial charge in [0.1, 0.15) is 0 Å². The fourth-order valence-electron chi connectivity index (χ4n) is 2.17. The molecule has 9 heteroatoms. The number of nitrogens with two attached hydrogens (primary N) is 1. The van der Waals surface area contributed by atoms with Crippen LogP contribution in [0.5, 0.6) is 6.01 Å². The lowest BCUT2D eigenvalue weighted by molar-refractivity contribution is 0.312. The maximum atomic E-state index is 5.71. The lowest BCUT2D eigenvalue weighted by Gasteiger charge is -2.34. The van der Waals surface area contributed by atoms with Crippen LogP contribution in [0.2, 0.25) is 0 Å². The fourth-order valence-corrected chi connectivity index (χ4v) is 2.86. The molecule has 2 N–H and O–H groups in total. The highest BCUT2D eigenvalue weighted by molar-refractivity contribution is 7.13. The van der Waals surface area contributed by atoms with Gasteiger partial charge in [-0.15, -0.1) is 11.3 Å². The molecule has 0 amide bonds. The predicted octanol–water partition coefficient (Wildman–Crippen LogP) is 0.636. The van der Waals surface area contributed by atoms with Crippen LogP contribution in [-0.2, 0) is 0 Å². The van der Waals surface area contributed by atoms with Gasteiger partial charge in [-0.05, 0) is 6.92 Å². The van der Waals surface area contributed by atoms with Crippen molar-refractivity contribution in [3.05, 3.63) is 11.6 Å². The van der Waals surface area contributed by atoms with E-state index in [4.69, 9.17) is 10.5 Å². The quantitative estimate of drug-likeness (QED) is 0.879. The van der Waals surface area contributed by atoms with Crippen molar-refractivity contribution in [1.82, 2.24) is 19.9 Å². The first-order valence-corrected chi connectivity index (χ1v) is 7.68. The van der Waals surface area contributed by atoms with Crippen molar-refractivity contribution < 1.29 is 4.74 Å². The number of aromatic nitrogens is 4. The molecule has 21 heavy (non-hydrogen) atoms. The molecular formula is C12H17N7OS. The van der Waals surface area contributed by atoms with Crippen LogP contribution < -0.4 is 20.3 Å². The summed E-state index contributed by atoms with van der Waals surface area (Å²) in [7, 11) is 0.